The number of ether oxygens (including phenoxy) is 1. The van der Waals surface area contributed by atoms with Crippen LogP contribution < -0.4 is 0 Å². The molecular formula is C17H18N4O2. The highest BCUT2D eigenvalue weighted by molar-refractivity contribution is 5.80. The third kappa shape index (κ3) is 3.36. The van der Waals surface area contributed by atoms with Crippen LogP contribution in [0.4, 0.5) is 4.79 Å². The van der Waals surface area contributed by atoms with Crippen molar-refractivity contribution >= 4 is 17.1 Å². The summed E-state index contributed by atoms with van der Waals surface area (Å²) in [6, 6.07) is 5.80. The van der Waals surface area contributed by atoms with Gasteiger partial charge in [-0.2, -0.15) is 9.78 Å². The Labute approximate surface area is 134 Å². The number of fused-ring (bicyclic) bond motifs is 1. The molecular weight excluding hydrogens is 292 g/mol. The van der Waals surface area contributed by atoms with E-state index in [9.17, 15) is 4.79 Å². The van der Waals surface area contributed by atoms with Crippen molar-refractivity contribution in [1.82, 2.24) is 19.7 Å². The lowest BCUT2D eigenvalue weighted by molar-refractivity contribution is 0.0514. The molecule has 0 N–H and O–H groups in total. The molecule has 118 valence electrons. The number of carbonyl (C=O) groups is 1. The van der Waals surface area contributed by atoms with E-state index in [1.165, 1.54) is 4.68 Å². The van der Waals surface area contributed by atoms with E-state index in [0.29, 0.717) is 0 Å². The van der Waals surface area contributed by atoms with Crippen LogP contribution in [0.15, 0.2) is 36.8 Å². The molecule has 0 saturated carbocycles. The van der Waals surface area contributed by atoms with Gasteiger partial charge in [-0.05, 0) is 45.9 Å². The molecule has 0 aromatic carbocycles. The largest absolute Gasteiger partial charge is 0.442 e. The minimum Gasteiger partial charge on any atom is -0.442 e. The zero-order chi connectivity index (χ0) is 16.6. The van der Waals surface area contributed by atoms with Crippen LogP contribution in [0.1, 0.15) is 26.5 Å². The van der Waals surface area contributed by atoms with E-state index in [0.717, 1.165) is 27.9 Å². The van der Waals surface area contributed by atoms with Gasteiger partial charge in [0, 0.05) is 29.2 Å². The summed E-state index contributed by atoms with van der Waals surface area (Å²) in [6.07, 6.45) is 4.48. The van der Waals surface area contributed by atoms with Crippen LogP contribution >= 0.6 is 0 Å². The Morgan fingerprint density at radius 1 is 1.13 bits per heavy atom. The molecule has 0 aliphatic heterocycles. The molecule has 0 aliphatic rings. The van der Waals surface area contributed by atoms with Crippen molar-refractivity contribution in [2.75, 3.05) is 0 Å². The smallest absolute Gasteiger partial charge is 0.435 e. The van der Waals surface area contributed by atoms with Crippen molar-refractivity contribution in [2.24, 2.45) is 0 Å². The normalized spacial score (nSPS) is 11.7. The lowest BCUT2D eigenvalue weighted by Crippen LogP contribution is -2.27. The van der Waals surface area contributed by atoms with Gasteiger partial charge in [0.25, 0.3) is 0 Å². The zero-order valence-electron chi connectivity index (χ0n) is 13.6. The molecule has 3 rings (SSSR count). The Hall–Kier alpha value is -2.76. The van der Waals surface area contributed by atoms with Crippen LogP contribution in [0.3, 0.4) is 0 Å². The molecule has 0 radical (unpaired) electrons. The second-order valence-corrected chi connectivity index (χ2v) is 6.37. The van der Waals surface area contributed by atoms with E-state index in [4.69, 9.17) is 4.74 Å². The third-order valence-electron chi connectivity index (χ3n) is 3.17. The topological polar surface area (TPSA) is 69.9 Å². The number of pyridine rings is 2. The molecule has 0 spiro atoms. The molecule has 3 heterocycles. The number of aryl methyl sites for hydroxylation is 1. The molecule has 23 heavy (non-hydrogen) atoms. The second-order valence-electron chi connectivity index (χ2n) is 6.37. The highest BCUT2D eigenvalue weighted by Gasteiger charge is 2.18. The van der Waals surface area contributed by atoms with E-state index in [-0.39, 0.29) is 0 Å². The molecule has 0 amide bonds. The highest BCUT2D eigenvalue weighted by atomic mass is 16.6. The quantitative estimate of drug-likeness (QED) is 0.687. The fraction of sp³-hybridized carbons (Fsp3) is 0.294. The lowest BCUT2D eigenvalue weighted by atomic mass is 10.1. The molecule has 0 saturated heterocycles. The van der Waals surface area contributed by atoms with Crippen molar-refractivity contribution in [1.29, 1.82) is 0 Å². The Balaban J connectivity index is 1.92. The van der Waals surface area contributed by atoms with Gasteiger partial charge in [-0.1, -0.05) is 0 Å². The number of aromatic nitrogens is 4. The molecule has 3 aromatic rings. The van der Waals surface area contributed by atoms with Gasteiger partial charge in [0.2, 0.25) is 0 Å². The van der Waals surface area contributed by atoms with Crippen molar-refractivity contribution in [3.05, 3.63) is 42.5 Å². The van der Waals surface area contributed by atoms with Gasteiger partial charge >= 0.3 is 6.09 Å². The summed E-state index contributed by atoms with van der Waals surface area (Å²) in [5, 5.41) is 4.07. The molecule has 0 aliphatic carbocycles. The molecule has 3 aromatic heterocycles. The first-order chi connectivity index (χ1) is 10.8. The Bertz CT molecular complexity index is 878. The van der Waals surface area contributed by atoms with E-state index < -0.39 is 11.7 Å². The minimum absolute atomic E-state index is 0.508. The van der Waals surface area contributed by atoms with Crippen LogP contribution in [0, 0.1) is 6.92 Å². The zero-order valence-corrected chi connectivity index (χ0v) is 13.6. The van der Waals surface area contributed by atoms with E-state index in [1.807, 2.05) is 45.9 Å². The Kier molecular flexibility index (Phi) is 3.60. The van der Waals surface area contributed by atoms with Crippen LogP contribution in [-0.2, 0) is 4.74 Å². The summed E-state index contributed by atoms with van der Waals surface area (Å²) < 4.78 is 6.48. The van der Waals surface area contributed by atoms with Gasteiger partial charge in [-0.3, -0.25) is 9.97 Å². The Morgan fingerprint density at radius 2 is 1.91 bits per heavy atom. The summed E-state index contributed by atoms with van der Waals surface area (Å²) in [4.78, 5) is 20.9. The van der Waals surface area contributed by atoms with Crippen LogP contribution in [0.2, 0.25) is 0 Å². The maximum atomic E-state index is 12.0. The summed E-state index contributed by atoms with van der Waals surface area (Å²) >= 11 is 0. The summed E-state index contributed by atoms with van der Waals surface area (Å²) in [5.74, 6) is 0. The molecule has 6 nitrogen and oxygen atoms in total. The van der Waals surface area contributed by atoms with Gasteiger partial charge < -0.3 is 4.74 Å². The fourth-order valence-corrected chi connectivity index (χ4v) is 2.15. The second kappa shape index (κ2) is 5.46. The monoisotopic (exact) mass is 310 g/mol. The van der Waals surface area contributed by atoms with Crippen molar-refractivity contribution in [3.63, 3.8) is 0 Å². The number of carbonyl (C=O) groups excluding carboxylic acids is 1. The third-order valence-corrected chi connectivity index (χ3v) is 3.17. The van der Waals surface area contributed by atoms with Gasteiger partial charge in [0.15, 0.2) is 0 Å². The number of rotatable bonds is 1. The number of hydrogen-bond acceptors (Lipinski definition) is 5. The van der Waals surface area contributed by atoms with Gasteiger partial charge in [-0.15, -0.1) is 0 Å². The summed E-state index contributed by atoms with van der Waals surface area (Å²) in [6.45, 7) is 7.39. The number of hydrogen-bond donors (Lipinski definition) is 0. The summed E-state index contributed by atoms with van der Waals surface area (Å²) in [7, 11) is 0. The predicted octanol–water partition coefficient (Wildman–Crippen LogP) is 3.58. The average Bonchev–Trinajstić information content (AvgIpc) is 2.94. The maximum Gasteiger partial charge on any atom is 0.435 e. The lowest BCUT2D eigenvalue weighted by Gasteiger charge is -2.18. The number of nitrogens with zero attached hydrogens (tertiary/aromatic N) is 4. The van der Waals surface area contributed by atoms with Gasteiger partial charge in [0.1, 0.15) is 5.60 Å². The molecule has 0 unspecified atom stereocenters. The van der Waals surface area contributed by atoms with Crippen LogP contribution in [0.25, 0.3) is 22.2 Å². The van der Waals surface area contributed by atoms with E-state index >= 15 is 0 Å². The highest BCUT2D eigenvalue weighted by Crippen LogP contribution is 2.22. The first-order valence-electron chi connectivity index (χ1n) is 7.34. The van der Waals surface area contributed by atoms with Crippen molar-refractivity contribution in [2.45, 2.75) is 33.3 Å². The summed E-state index contributed by atoms with van der Waals surface area (Å²) in [5.41, 5.74) is 3.65. The molecule has 0 atom stereocenters. The predicted molar refractivity (Wildman–Crippen MR) is 87.1 cm³/mol. The average molecular weight is 310 g/mol. The SMILES string of the molecule is Cc1ccc2ncc(-c3cnn(C(=O)OC(C)(C)C)c3)cc2n1. The Morgan fingerprint density at radius 3 is 2.65 bits per heavy atom. The minimum atomic E-state index is -0.560. The van der Waals surface area contributed by atoms with Crippen molar-refractivity contribution < 1.29 is 9.53 Å². The molecule has 6 heteroatoms. The van der Waals surface area contributed by atoms with Crippen molar-refractivity contribution in [3.8, 4) is 11.1 Å². The molecule has 0 fully saturated rings. The van der Waals surface area contributed by atoms with E-state index in [2.05, 4.69) is 15.1 Å². The van der Waals surface area contributed by atoms with E-state index in [1.54, 1.807) is 18.6 Å². The van der Waals surface area contributed by atoms with Crippen LogP contribution in [-0.4, -0.2) is 31.4 Å². The first kappa shape index (κ1) is 15.1. The molecule has 0 bridgehead atoms. The van der Waals surface area contributed by atoms with Gasteiger partial charge in [-0.25, -0.2) is 4.79 Å². The maximum absolute atomic E-state index is 12.0. The first-order valence-corrected chi connectivity index (χ1v) is 7.34. The standard InChI is InChI=1S/C17H18N4O2/c1-11-5-6-14-15(20-11)7-12(8-18-14)13-9-19-21(10-13)16(22)23-17(2,3)4/h5-10H,1-4H3. The van der Waals surface area contributed by atoms with Gasteiger partial charge in [0.05, 0.1) is 17.2 Å². The van der Waals surface area contributed by atoms with Crippen LogP contribution in [0.5, 0.6) is 0 Å². The fourth-order valence-electron chi connectivity index (χ4n) is 2.15.